The van der Waals surface area contributed by atoms with Gasteiger partial charge in [-0.1, -0.05) is 6.07 Å². The van der Waals surface area contributed by atoms with E-state index in [0.717, 1.165) is 28.2 Å². The monoisotopic (exact) mass is 420 g/mol. The molecule has 3 aromatic heterocycles. The van der Waals surface area contributed by atoms with E-state index in [1.165, 1.54) is 0 Å². The van der Waals surface area contributed by atoms with Crippen molar-refractivity contribution < 1.29 is 14.2 Å². The molecule has 1 aromatic carbocycles. The van der Waals surface area contributed by atoms with Gasteiger partial charge in [0, 0.05) is 5.56 Å². The number of aromatic nitrogens is 4. The Morgan fingerprint density at radius 1 is 0.903 bits per heavy atom. The van der Waals surface area contributed by atoms with Gasteiger partial charge in [-0.25, -0.2) is 15.0 Å². The van der Waals surface area contributed by atoms with E-state index >= 15 is 0 Å². The number of pyridine rings is 2. The predicted molar refractivity (Wildman–Crippen MR) is 119 cm³/mol. The fourth-order valence-electron chi connectivity index (χ4n) is 3.46. The number of imidazole rings is 1. The molecule has 0 aliphatic heterocycles. The number of nitrogen functional groups attached to an aromatic ring is 2. The van der Waals surface area contributed by atoms with E-state index in [1.807, 2.05) is 41.8 Å². The van der Waals surface area contributed by atoms with Crippen LogP contribution in [0.25, 0.3) is 22.4 Å². The minimum absolute atomic E-state index is 0.348. The minimum Gasteiger partial charge on any atom is -0.493 e. The van der Waals surface area contributed by atoms with Crippen LogP contribution in [0.15, 0.2) is 42.5 Å². The second kappa shape index (κ2) is 8.39. The van der Waals surface area contributed by atoms with Crippen LogP contribution < -0.4 is 25.7 Å². The van der Waals surface area contributed by atoms with E-state index in [0.29, 0.717) is 42.0 Å². The summed E-state index contributed by atoms with van der Waals surface area (Å²) in [4.78, 5) is 13.4. The summed E-state index contributed by atoms with van der Waals surface area (Å²) in [5, 5.41) is 0. The maximum absolute atomic E-state index is 6.01. The highest BCUT2D eigenvalue weighted by Crippen LogP contribution is 2.36. The molecule has 0 fully saturated rings. The lowest BCUT2D eigenvalue weighted by molar-refractivity contribution is 0.263. The predicted octanol–water partition coefficient (Wildman–Crippen LogP) is 3.06. The largest absolute Gasteiger partial charge is 0.493 e. The van der Waals surface area contributed by atoms with Crippen LogP contribution in [0.5, 0.6) is 17.2 Å². The molecule has 31 heavy (non-hydrogen) atoms. The van der Waals surface area contributed by atoms with Crippen molar-refractivity contribution in [3.8, 4) is 28.5 Å². The maximum Gasteiger partial charge on any atom is 0.203 e. The summed E-state index contributed by atoms with van der Waals surface area (Å²) in [6.45, 7) is 2.86. The van der Waals surface area contributed by atoms with Gasteiger partial charge in [0.1, 0.15) is 29.6 Å². The van der Waals surface area contributed by atoms with Crippen LogP contribution in [0, 0.1) is 6.92 Å². The average molecular weight is 420 g/mol. The average Bonchev–Trinajstić information content (AvgIpc) is 3.07. The van der Waals surface area contributed by atoms with Crippen LogP contribution in [-0.2, 0) is 6.54 Å². The van der Waals surface area contributed by atoms with Crippen molar-refractivity contribution in [2.75, 3.05) is 32.3 Å². The molecule has 9 heteroatoms. The number of methoxy groups -OCH3 is 2. The van der Waals surface area contributed by atoms with Crippen LogP contribution in [0.2, 0.25) is 0 Å². The molecule has 0 saturated carbocycles. The third-order valence-electron chi connectivity index (χ3n) is 4.89. The van der Waals surface area contributed by atoms with Gasteiger partial charge in [-0.3, -0.25) is 0 Å². The first-order valence-corrected chi connectivity index (χ1v) is 9.71. The fraction of sp³-hybridized carbons (Fsp3) is 0.227. The first kappa shape index (κ1) is 20.3. The van der Waals surface area contributed by atoms with Gasteiger partial charge in [-0.2, -0.15) is 0 Å². The molecule has 4 rings (SSSR count). The van der Waals surface area contributed by atoms with Gasteiger partial charge >= 0.3 is 0 Å². The van der Waals surface area contributed by atoms with Crippen molar-refractivity contribution in [3.63, 3.8) is 0 Å². The highest BCUT2D eigenvalue weighted by atomic mass is 16.5. The summed E-state index contributed by atoms with van der Waals surface area (Å²) in [6, 6.07) is 12.8. The van der Waals surface area contributed by atoms with Gasteiger partial charge in [0.15, 0.2) is 17.1 Å². The molecule has 0 amide bonds. The standard InChI is InChI=1S/C22H24N6O3/c1-13-25-16-8-7-15(14-11-19(23)27-20(24)12-14)26-22(16)28(13)9-10-31-21-17(29-2)5-4-6-18(21)30-3/h4-8,11-12H,9-10H2,1-3H3,(H4,23,24,27). The summed E-state index contributed by atoms with van der Waals surface area (Å²) in [6.07, 6.45) is 0. The number of nitrogens with two attached hydrogens (primary N) is 2. The van der Waals surface area contributed by atoms with E-state index in [4.69, 9.17) is 30.7 Å². The Morgan fingerprint density at radius 3 is 2.23 bits per heavy atom. The van der Waals surface area contributed by atoms with Gasteiger partial charge < -0.3 is 30.2 Å². The molecule has 0 bridgehead atoms. The first-order chi connectivity index (χ1) is 15.0. The molecule has 0 aliphatic rings. The molecule has 3 heterocycles. The molecule has 0 spiro atoms. The van der Waals surface area contributed by atoms with Crippen LogP contribution in [0.4, 0.5) is 11.6 Å². The van der Waals surface area contributed by atoms with Crippen LogP contribution in [0.1, 0.15) is 5.82 Å². The zero-order valence-corrected chi connectivity index (χ0v) is 17.6. The zero-order valence-electron chi connectivity index (χ0n) is 17.6. The van der Waals surface area contributed by atoms with Crippen molar-refractivity contribution in [1.82, 2.24) is 19.5 Å². The first-order valence-electron chi connectivity index (χ1n) is 9.71. The Kier molecular flexibility index (Phi) is 5.48. The highest BCUT2D eigenvalue weighted by molar-refractivity contribution is 5.77. The maximum atomic E-state index is 6.01. The van der Waals surface area contributed by atoms with Crippen molar-refractivity contribution in [2.45, 2.75) is 13.5 Å². The number of nitrogens with zero attached hydrogens (tertiary/aromatic N) is 4. The van der Waals surface area contributed by atoms with E-state index < -0.39 is 0 Å². The number of hydrogen-bond donors (Lipinski definition) is 2. The second-order valence-corrected chi connectivity index (χ2v) is 6.90. The Morgan fingerprint density at radius 2 is 1.58 bits per heavy atom. The summed E-state index contributed by atoms with van der Waals surface area (Å²) in [7, 11) is 3.19. The van der Waals surface area contributed by atoms with Gasteiger partial charge in [-0.05, 0) is 43.3 Å². The molecule has 160 valence electrons. The fourth-order valence-corrected chi connectivity index (χ4v) is 3.46. The number of hydrogen-bond acceptors (Lipinski definition) is 8. The third-order valence-corrected chi connectivity index (χ3v) is 4.89. The van der Waals surface area contributed by atoms with E-state index in [2.05, 4.69) is 9.97 Å². The summed E-state index contributed by atoms with van der Waals surface area (Å²) in [5.74, 6) is 3.32. The van der Waals surface area contributed by atoms with Crippen molar-refractivity contribution in [3.05, 3.63) is 48.3 Å². The van der Waals surface area contributed by atoms with Crippen LogP contribution >= 0.6 is 0 Å². The molecule has 0 atom stereocenters. The molecule has 4 aromatic rings. The van der Waals surface area contributed by atoms with Crippen LogP contribution in [-0.4, -0.2) is 40.3 Å². The Hall–Kier alpha value is -4.01. The molecular formula is C22H24N6O3. The molecule has 0 unspecified atom stereocenters. The molecule has 0 saturated heterocycles. The number of anilines is 2. The Balaban J connectivity index is 1.62. The van der Waals surface area contributed by atoms with Gasteiger partial charge in [0.2, 0.25) is 5.75 Å². The normalized spacial score (nSPS) is 10.9. The summed E-state index contributed by atoms with van der Waals surface area (Å²) in [5.41, 5.74) is 14.8. The Bertz CT molecular complexity index is 1200. The number of ether oxygens (including phenoxy) is 3. The third kappa shape index (κ3) is 4.02. The number of benzene rings is 1. The molecule has 4 N–H and O–H groups in total. The lowest BCUT2D eigenvalue weighted by atomic mass is 10.1. The number of fused-ring (bicyclic) bond motifs is 1. The topological polar surface area (TPSA) is 123 Å². The summed E-state index contributed by atoms with van der Waals surface area (Å²) < 4.78 is 18.8. The van der Waals surface area contributed by atoms with E-state index in [1.54, 1.807) is 26.4 Å². The molecule has 9 nitrogen and oxygen atoms in total. The molecule has 0 radical (unpaired) electrons. The van der Waals surface area contributed by atoms with Gasteiger partial charge in [0.25, 0.3) is 0 Å². The van der Waals surface area contributed by atoms with Gasteiger partial charge in [0.05, 0.1) is 26.5 Å². The quantitative estimate of drug-likeness (QED) is 0.468. The lowest BCUT2D eigenvalue weighted by Gasteiger charge is -2.15. The number of para-hydroxylation sites is 1. The van der Waals surface area contributed by atoms with Crippen LogP contribution in [0.3, 0.4) is 0 Å². The minimum atomic E-state index is 0.348. The Labute approximate surface area is 179 Å². The summed E-state index contributed by atoms with van der Waals surface area (Å²) >= 11 is 0. The highest BCUT2D eigenvalue weighted by Gasteiger charge is 2.14. The van der Waals surface area contributed by atoms with Crippen molar-refractivity contribution in [2.24, 2.45) is 0 Å². The van der Waals surface area contributed by atoms with Gasteiger partial charge in [-0.15, -0.1) is 0 Å². The van der Waals surface area contributed by atoms with Crippen molar-refractivity contribution in [1.29, 1.82) is 0 Å². The zero-order chi connectivity index (χ0) is 22.0. The smallest absolute Gasteiger partial charge is 0.203 e. The SMILES string of the molecule is COc1cccc(OC)c1OCCn1c(C)nc2ccc(-c3cc(N)nc(N)c3)nc21. The van der Waals surface area contributed by atoms with Crippen molar-refractivity contribution >= 4 is 22.8 Å². The molecule has 0 aliphatic carbocycles. The lowest BCUT2D eigenvalue weighted by Crippen LogP contribution is -2.11. The van der Waals surface area contributed by atoms with E-state index in [9.17, 15) is 0 Å². The number of rotatable bonds is 7. The molecular weight excluding hydrogens is 396 g/mol. The number of aryl methyl sites for hydroxylation is 1. The second-order valence-electron chi connectivity index (χ2n) is 6.90. The van der Waals surface area contributed by atoms with E-state index in [-0.39, 0.29) is 0 Å².